The lowest BCUT2D eigenvalue weighted by molar-refractivity contribution is -0.0328. The van der Waals surface area contributed by atoms with Gasteiger partial charge in [0.05, 0.1) is 0 Å². The fraction of sp³-hybridized carbons (Fsp3) is 0.273. The van der Waals surface area contributed by atoms with E-state index in [2.05, 4.69) is 11.8 Å². The first-order valence-corrected chi connectivity index (χ1v) is 5.03. The molecule has 0 atom stereocenters. The smallest absolute Gasteiger partial charge is 0.160 e. The van der Waals surface area contributed by atoms with E-state index in [1.807, 2.05) is 0 Å². The highest BCUT2D eigenvalue weighted by atomic mass is 32.2. The highest BCUT2D eigenvalue weighted by molar-refractivity contribution is 8.00. The molecule has 1 aromatic carbocycles. The summed E-state index contributed by atoms with van der Waals surface area (Å²) in [5.74, 6) is 5.25. The maximum atomic E-state index is 12.2. The molecule has 80 valence electrons. The predicted molar refractivity (Wildman–Crippen MR) is 55.6 cm³/mol. The molecular formula is C11H9F3S. The molecule has 4 heteroatoms. The van der Waals surface area contributed by atoms with Gasteiger partial charge in [-0.05, 0) is 43.3 Å². The first-order chi connectivity index (χ1) is 6.92. The van der Waals surface area contributed by atoms with Gasteiger partial charge < -0.3 is 0 Å². The molecule has 0 radical (unpaired) electrons. The van der Waals surface area contributed by atoms with Crippen LogP contribution in [-0.4, -0.2) is 5.51 Å². The Morgan fingerprint density at radius 3 is 2.47 bits per heavy atom. The summed E-state index contributed by atoms with van der Waals surface area (Å²) in [6.07, 6.45) is 0. The van der Waals surface area contributed by atoms with Crippen LogP contribution < -0.4 is 0 Å². The van der Waals surface area contributed by atoms with E-state index >= 15 is 0 Å². The van der Waals surface area contributed by atoms with Gasteiger partial charge in [-0.3, -0.25) is 0 Å². The van der Waals surface area contributed by atoms with Crippen molar-refractivity contribution in [1.82, 2.24) is 0 Å². The van der Waals surface area contributed by atoms with Gasteiger partial charge >= 0.3 is 5.51 Å². The van der Waals surface area contributed by atoms with Crippen LogP contribution >= 0.6 is 11.8 Å². The van der Waals surface area contributed by atoms with E-state index in [0.717, 1.165) is 5.56 Å². The zero-order valence-electron chi connectivity index (χ0n) is 8.27. The molecule has 0 N–H and O–H groups in total. The number of aryl methyl sites for hydroxylation is 1. The largest absolute Gasteiger partial charge is 0.446 e. The van der Waals surface area contributed by atoms with Gasteiger partial charge in [-0.15, -0.1) is 5.92 Å². The summed E-state index contributed by atoms with van der Waals surface area (Å²) in [5, 5.41) is 0. The van der Waals surface area contributed by atoms with Crippen molar-refractivity contribution in [2.24, 2.45) is 0 Å². The molecule has 0 spiro atoms. The highest BCUT2D eigenvalue weighted by Gasteiger charge is 2.30. The zero-order chi connectivity index (χ0) is 11.5. The van der Waals surface area contributed by atoms with Crippen LogP contribution in [0, 0.1) is 18.8 Å². The van der Waals surface area contributed by atoms with Crippen LogP contribution in [0.15, 0.2) is 23.1 Å². The molecule has 1 aromatic rings. The summed E-state index contributed by atoms with van der Waals surface area (Å²) in [6, 6.07) is 4.86. The van der Waals surface area contributed by atoms with E-state index in [9.17, 15) is 13.2 Å². The molecule has 0 fully saturated rings. The normalized spacial score (nSPS) is 10.7. The molecule has 0 amide bonds. The second kappa shape index (κ2) is 4.63. The van der Waals surface area contributed by atoms with Crippen LogP contribution in [0.25, 0.3) is 0 Å². The topological polar surface area (TPSA) is 0 Å². The molecule has 15 heavy (non-hydrogen) atoms. The van der Waals surface area contributed by atoms with Crippen LogP contribution in [0.4, 0.5) is 13.2 Å². The summed E-state index contributed by atoms with van der Waals surface area (Å²) < 4.78 is 36.6. The Balaban J connectivity index is 3.11. The lowest BCUT2D eigenvalue weighted by atomic mass is 10.1. The maximum absolute atomic E-state index is 12.2. The molecule has 0 bridgehead atoms. The van der Waals surface area contributed by atoms with Gasteiger partial charge in [-0.25, -0.2) is 0 Å². The average Bonchev–Trinajstić information content (AvgIpc) is 2.07. The molecular weight excluding hydrogens is 221 g/mol. The van der Waals surface area contributed by atoms with Gasteiger partial charge in [0.1, 0.15) is 0 Å². The predicted octanol–water partition coefficient (Wildman–Crippen LogP) is 3.98. The van der Waals surface area contributed by atoms with E-state index < -0.39 is 5.51 Å². The Hall–Kier alpha value is -1.08. The molecule has 0 aliphatic carbocycles. The van der Waals surface area contributed by atoms with Crippen molar-refractivity contribution >= 4 is 11.8 Å². The summed E-state index contributed by atoms with van der Waals surface area (Å²) in [7, 11) is 0. The molecule has 0 saturated carbocycles. The van der Waals surface area contributed by atoms with Gasteiger partial charge in [0.2, 0.25) is 0 Å². The third kappa shape index (κ3) is 3.88. The first kappa shape index (κ1) is 12.0. The molecule has 1 rings (SSSR count). The Kier molecular flexibility index (Phi) is 3.70. The van der Waals surface area contributed by atoms with Gasteiger partial charge in [-0.1, -0.05) is 12.0 Å². The minimum Gasteiger partial charge on any atom is -0.160 e. The van der Waals surface area contributed by atoms with Gasteiger partial charge in [0.25, 0.3) is 0 Å². The number of thioether (sulfide) groups is 1. The van der Waals surface area contributed by atoms with Crippen molar-refractivity contribution in [1.29, 1.82) is 0 Å². The summed E-state index contributed by atoms with van der Waals surface area (Å²) in [4.78, 5) is 0.164. The number of rotatable bonds is 1. The van der Waals surface area contributed by atoms with Crippen LogP contribution in [0.2, 0.25) is 0 Å². The lowest BCUT2D eigenvalue weighted by Gasteiger charge is -2.08. The van der Waals surface area contributed by atoms with Crippen molar-refractivity contribution in [2.75, 3.05) is 0 Å². The lowest BCUT2D eigenvalue weighted by Crippen LogP contribution is -2.00. The number of halogens is 3. The Morgan fingerprint density at radius 1 is 1.27 bits per heavy atom. The standard InChI is InChI=1S/C11H9F3S/c1-3-4-9-6-5-8(2)7-10(9)15-11(12,13)14/h5-7H,1-2H3. The number of alkyl halides is 3. The van der Waals surface area contributed by atoms with E-state index in [1.54, 1.807) is 26.0 Å². The Labute approximate surface area is 90.9 Å². The van der Waals surface area contributed by atoms with Crippen LogP contribution in [0.3, 0.4) is 0 Å². The average molecular weight is 230 g/mol. The monoisotopic (exact) mass is 230 g/mol. The molecule has 0 unspecified atom stereocenters. The minimum atomic E-state index is -4.27. The fourth-order valence-corrected chi connectivity index (χ4v) is 1.80. The van der Waals surface area contributed by atoms with Crippen molar-refractivity contribution in [3.05, 3.63) is 29.3 Å². The van der Waals surface area contributed by atoms with Gasteiger partial charge in [0.15, 0.2) is 0 Å². The summed E-state index contributed by atoms with van der Waals surface area (Å²) in [6.45, 7) is 3.35. The van der Waals surface area contributed by atoms with Crippen molar-refractivity contribution in [3.63, 3.8) is 0 Å². The van der Waals surface area contributed by atoms with E-state index in [-0.39, 0.29) is 16.7 Å². The quantitative estimate of drug-likeness (QED) is 0.519. The van der Waals surface area contributed by atoms with Crippen molar-refractivity contribution in [3.8, 4) is 11.8 Å². The Morgan fingerprint density at radius 2 is 1.93 bits per heavy atom. The fourth-order valence-electron chi connectivity index (χ4n) is 1.08. The third-order valence-electron chi connectivity index (χ3n) is 1.62. The number of benzene rings is 1. The number of hydrogen-bond donors (Lipinski definition) is 0. The molecule has 0 saturated heterocycles. The summed E-state index contributed by atoms with van der Waals surface area (Å²) >= 11 is -0.121. The van der Waals surface area contributed by atoms with Crippen LogP contribution in [-0.2, 0) is 0 Å². The van der Waals surface area contributed by atoms with Crippen molar-refractivity contribution in [2.45, 2.75) is 24.3 Å². The Bertz CT molecular complexity index is 410. The van der Waals surface area contributed by atoms with E-state index in [4.69, 9.17) is 0 Å². The second-order valence-corrected chi connectivity index (χ2v) is 4.03. The molecule has 0 aromatic heterocycles. The molecule has 0 heterocycles. The van der Waals surface area contributed by atoms with Crippen molar-refractivity contribution < 1.29 is 13.2 Å². The maximum Gasteiger partial charge on any atom is 0.446 e. The van der Waals surface area contributed by atoms with E-state index in [0.29, 0.717) is 5.56 Å². The number of hydrogen-bond acceptors (Lipinski definition) is 1. The minimum absolute atomic E-state index is 0.121. The third-order valence-corrected chi connectivity index (χ3v) is 2.41. The first-order valence-electron chi connectivity index (χ1n) is 4.21. The zero-order valence-corrected chi connectivity index (χ0v) is 9.09. The molecule has 0 aliphatic rings. The van der Waals surface area contributed by atoms with E-state index in [1.165, 1.54) is 6.07 Å². The molecule has 0 nitrogen and oxygen atoms in total. The SMILES string of the molecule is CC#Cc1ccc(C)cc1SC(F)(F)F. The van der Waals surface area contributed by atoms with Gasteiger partial charge in [0, 0.05) is 10.5 Å². The van der Waals surface area contributed by atoms with Crippen LogP contribution in [0.5, 0.6) is 0 Å². The van der Waals surface area contributed by atoms with Gasteiger partial charge in [-0.2, -0.15) is 13.2 Å². The molecule has 0 aliphatic heterocycles. The highest BCUT2D eigenvalue weighted by Crippen LogP contribution is 2.38. The summed E-state index contributed by atoms with van der Waals surface area (Å²) in [5.41, 5.74) is -3.05. The van der Waals surface area contributed by atoms with Crippen LogP contribution in [0.1, 0.15) is 18.1 Å². The second-order valence-electron chi connectivity index (χ2n) is 2.92.